The molecule has 0 unspecified atom stereocenters. The molecule has 0 amide bonds. The van der Waals surface area contributed by atoms with E-state index in [-0.39, 0.29) is 0 Å². The van der Waals surface area contributed by atoms with Crippen molar-refractivity contribution >= 4 is 6.29 Å². The van der Waals surface area contributed by atoms with Crippen LogP contribution in [0.25, 0.3) is 0 Å². The zero-order valence-corrected chi connectivity index (χ0v) is 15.8. The van der Waals surface area contributed by atoms with E-state index in [0.29, 0.717) is 0 Å². The number of carbonyl (C=O) groups excluding carboxylic acids is 1. The molecule has 1 heterocycles. The molecule has 1 aromatic heterocycles. The molecule has 0 N–H and O–H groups in total. The van der Waals surface area contributed by atoms with E-state index in [1.807, 2.05) is 24.5 Å². The van der Waals surface area contributed by atoms with Gasteiger partial charge < -0.3 is 0 Å². The van der Waals surface area contributed by atoms with Gasteiger partial charge >= 0.3 is 0 Å². The summed E-state index contributed by atoms with van der Waals surface area (Å²) in [6, 6.07) is 3.77. The Labute approximate surface area is 149 Å². The number of hydrogen-bond donors (Lipinski definition) is 0. The molecular formula is C22H38NO+. The monoisotopic (exact) mass is 332 g/mol. The van der Waals surface area contributed by atoms with Crippen LogP contribution in [0.2, 0.25) is 0 Å². The van der Waals surface area contributed by atoms with Crippen molar-refractivity contribution in [2.24, 2.45) is 0 Å². The maximum Gasteiger partial charge on any atom is 0.169 e. The van der Waals surface area contributed by atoms with Gasteiger partial charge in [-0.3, -0.25) is 4.79 Å². The number of aldehydes is 1. The first-order valence-corrected chi connectivity index (χ1v) is 10.3. The first-order chi connectivity index (χ1) is 11.9. The zero-order valence-electron chi connectivity index (χ0n) is 15.8. The molecule has 0 fully saturated rings. The summed E-state index contributed by atoms with van der Waals surface area (Å²) in [7, 11) is 0. The Hall–Kier alpha value is -1.18. The Morgan fingerprint density at radius 3 is 1.54 bits per heavy atom. The molecule has 0 aliphatic heterocycles. The van der Waals surface area contributed by atoms with Crippen LogP contribution in [0.5, 0.6) is 0 Å². The lowest BCUT2D eigenvalue weighted by molar-refractivity contribution is -0.697. The van der Waals surface area contributed by atoms with Crippen LogP contribution in [0.15, 0.2) is 24.5 Å². The maximum atomic E-state index is 10.6. The van der Waals surface area contributed by atoms with Gasteiger partial charge in [-0.25, -0.2) is 4.57 Å². The largest absolute Gasteiger partial charge is 0.298 e. The highest BCUT2D eigenvalue weighted by Crippen LogP contribution is 2.12. The predicted octanol–water partition coefficient (Wildman–Crippen LogP) is 6.27. The lowest BCUT2D eigenvalue weighted by Crippen LogP contribution is -2.32. The number of unbranched alkanes of at least 4 members (excludes halogenated alkanes) is 13. The van der Waals surface area contributed by atoms with Gasteiger partial charge in [-0.1, -0.05) is 84.0 Å². The molecule has 1 aromatic rings. The summed E-state index contributed by atoms with van der Waals surface area (Å²) in [5.41, 5.74) is 0.757. The number of pyridine rings is 1. The standard InChI is InChI=1S/C22H38NO/c1-2-3-4-5-6-7-8-9-10-11-12-13-14-15-18-23-19-16-22(21-24)17-20-23/h16-17,19-21H,2-15,18H2,1H3/q+1. The van der Waals surface area contributed by atoms with Gasteiger partial charge in [0.05, 0.1) is 0 Å². The SMILES string of the molecule is CCCCCCCCCCCCCCCC[n+]1ccc(C=O)cc1. The smallest absolute Gasteiger partial charge is 0.169 e. The van der Waals surface area contributed by atoms with Crippen LogP contribution in [0, 0.1) is 0 Å². The predicted molar refractivity (Wildman–Crippen MR) is 102 cm³/mol. The third kappa shape index (κ3) is 11.4. The van der Waals surface area contributed by atoms with Crippen molar-refractivity contribution in [2.45, 2.75) is 103 Å². The molecule has 2 nitrogen and oxygen atoms in total. The van der Waals surface area contributed by atoms with Crippen molar-refractivity contribution in [1.82, 2.24) is 0 Å². The quantitative estimate of drug-likeness (QED) is 0.198. The maximum absolute atomic E-state index is 10.6. The van der Waals surface area contributed by atoms with Crippen LogP contribution >= 0.6 is 0 Å². The number of rotatable bonds is 16. The molecule has 0 aliphatic carbocycles. The van der Waals surface area contributed by atoms with E-state index < -0.39 is 0 Å². The number of aromatic nitrogens is 1. The Morgan fingerprint density at radius 1 is 0.708 bits per heavy atom. The highest BCUT2D eigenvalue weighted by atomic mass is 16.1. The minimum Gasteiger partial charge on any atom is -0.298 e. The molecule has 0 aliphatic rings. The van der Waals surface area contributed by atoms with Crippen molar-refractivity contribution in [1.29, 1.82) is 0 Å². The first-order valence-electron chi connectivity index (χ1n) is 10.3. The molecule has 0 atom stereocenters. The average Bonchev–Trinajstić information content (AvgIpc) is 2.62. The molecule has 0 radical (unpaired) electrons. The summed E-state index contributed by atoms with van der Waals surface area (Å²) in [5.74, 6) is 0. The van der Waals surface area contributed by atoms with Gasteiger partial charge in [0, 0.05) is 24.1 Å². The molecule has 0 saturated heterocycles. The van der Waals surface area contributed by atoms with Crippen LogP contribution < -0.4 is 4.57 Å². The summed E-state index contributed by atoms with van der Waals surface area (Å²) in [5, 5.41) is 0. The molecule has 1 rings (SSSR count). The lowest BCUT2D eigenvalue weighted by Gasteiger charge is -2.03. The van der Waals surface area contributed by atoms with E-state index in [1.165, 1.54) is 89.9 Å². The Balaban J connectivity index is 1.81. The summed E-state index contributed by atoms with van der Waals surface area (Å²) < 4.78 is 2.17. The van der Waals surface area contributed by atoms with Gasteiger partial charge in [-0.2, -0.15) is 0 Å². The highest BCUT2D eigenvalue weighted by molar-refractivity contribution is 5.73. The van der Waals surface area contributed by atoms with Gasteiger partial charge in [-0.15, -0.1) is 0 Å². The van der Waals surface area contributed by atoms with Crippen LogP contribution in [-0.2, 0) is 6.54 Å². The van der Waals surface area contributed by atoms with Gasteiger partial charge in [0.15, 0.2) is 18.7 Å². The molecule has 24 heavy (non-hydrogen) atoms. The fourth-order valence-corrected chi connectivity index (χ4v) is 3.19. The topological polar surface area (TPSA) is 20.9 Å². The van der Waals surface area contributed by atoms with Crippen LogP contribution in [0.4, 0.5) is 0 Å². The van der Waals surface area contributed by atoms with Crippen molar-refractivity contribution in [2.75, 3.05) is 0 Å². The molecule has 0 bridgehead atoms. The number of carbonyl (C=O) groups is 1. The van der Waals surface area contributed by atoms with E-state index >= 15 is 0 Å². The van der Waals surface area contributed by atoms with E-state index in [2.05, 4.69) is 11.5 Å². The third-order valence-corrected chi connectivity index (χ3v) is 4.82. The van der Waals surface area contributed by atoms with Gasteiger partial charge in [0.1, 0.15) is 6.54 Å². The second kappa shape index (κ2) is 15.4. The molecule has 2 heteroatoms. The first kappa shape index (κ1) is 20.9. The van der Waals surface area contributed by atoms with E-state index in [1.54, 1.807) is 0 Å². The average molecular weight is 333 g/mol. The van der Waals surface area contributed by atoms with Crippen molar-refractivity contribution in [3.63, 3.8) is 0 Å². The fourth-order valence-electron chi connectivity index (χ4n) is 3.19. The van der Waals surface area contributed by atoms with Crippen LogP contribution in [0.3, 0.4) is 0 Å². The number of aryl methyl sites for hydroxylation is 1. The van der Waals surface area contributed by atoms with Crippen LogP contribution in [0.1, 0.15) is 107 Å². The Bertz CT molecular complexity index is 399. The minimum absolute atomic E-state index is 0.757. The third-order valence-electron chi connectivity index (χ3n) is 4.82. The number of hydrogen-bond acceptors (Lipinski definition) is 1. The second-order valence-corrected chi connectivity index (χ2v) is 7.08. The zero-order chi connectivity index (χ0) is 17.3. The summed E-state index contributed by atoms with van der Waals surface area (Å²) in [4.78, 5) is 10.6. The van der Waals surface area contributed by atoms with Gasteiger partial charge in [0.2, 0.25) is 0 Å². The van der Waals surface area contributed by atoms with Crippen molar-refractivity contribution in [3.05, 3.63) is 30.1 Å². The van der Waals surface area contributed by atoms with Gasteiger partial charge in [-0.05, 0) is 6.42 Å². The molecular weight excluding hydrogens is 294 g/mol. The van der Waals surface area contributed by atoms with Crippen molar-refractivity contribution in [3.8, 4) is 0 Å². The molecule has 136 valence electrons. The normalized spacial score (nSPS) is 10.9. The summed E-state index contributed by atoms with van der Waals surface area (Å²) >= 11 is 0. The Morgan fingerprint density at radius 2 is 1.12 bits per heavy atom. The van der Waals surface area contributed by atoms with E-state index in [9.17, 15) is 4.79 Å². The number of nitrogens with zero attached hydrogens (tertiary/aromatic N) is 1. The van der Waals surface area contributed by atoms with Crippen LogP contribution in [-0.4, -0.2) is 6.29 Å². The van der Waals surface area contributed by atoms with E-state index in [0.717, 1.165) is 18.4 Å². The summed E-state index contributed by atoms with van der Waals surface area (Å²) in [6.07, 6.45) is 24.5. The second-order valence-electron chi connectivity index (χ2n) is 7.08. The highest BCUT2D eigenvalue weighted by Gasteiger charge is 2.00. The molecule has 0 spiro atoms. The lowest BCUT2D eigenvalue weighted by atomic mass is 10.0. The van der Waals surface area contributed by atoms with E-state index in [4.69, 9.17) is 0 Å². The van der Waals surface area contributed by atoms with Crippen molar-refractivity contribution < 1.29 is 9.36 Å². The molecule has 0 saturated carbocycles. The molecule has 0 aromatic carbocycles. The fraction of sp³-hybridized carbons (Fsp3) is 0.727. The van der Waals surface area contributed by atoms with Gasteiger partial charge in [0.25, 0.3) is 0 Å². The Kier molecular flexibility index (Phi) is 13.3. The minimum atomic E-state index is 0.757. The summed E-state index contributed by atoms with van der Waals surface area (Å²) in [6.45, 7) is 3.35.